The Hall–Kier alpha value is -2.15. The molecule has 144 valence electrons. The molecule has 3 rings (SSSR count). The number of nitrogens with zero attached hydrogens (tertiary/aromatic N) is 2. The molecule has 2 aromatic rings. The number of morpholine rings is 1. The van der Waals surface area contributed by atoms with E-state index < -0.39 is 0 Å². The van der Waals surface area contributed by atoms with Gasteiger partial charge in [0.2, 0.25) is 5.91 Å². The summed E-state index contributed by atoms with van der Waals surface area (Å²) in [6, 6.07) is 10.6. The topological polar surface area (TPSA) is 63.6 Å². The van der Waals surface area contributed by atoms with Crippen molar-refractivity contribution in [2.45, 2.75) is 12.8 Å². The van der Waals surface area contributed by atoms with Crippen molar-refractivity contribution in [3.63, 3.8) is 0 Å². The summed E-state index contributed by atoms with van der Waals surface area (Å²) in [6.07, 6.45) is 2.66. The minimum atomic E-state index is -0.210. The van der Waals surface area contributed by atoms with Crippen LogP contribution in [0.1, 0.15) is 22.3 Å². The first-order valence-electron chi connectivity index (χ1n) is 9.17. The lowest BCUT2D eigenvalue weighted by Gasteiger charge is -2.26. The SMILES string of the molecule is O=C(Cc1ccn(C(=O)c2ccccc2)c1Cl)NCCCN1CCOCC1. The minimum absolute atomic E-state index is 0.0937. The molecule has 0 aliphatic carbocycles. The van der Waals surface area contributed by atoms with Gasteiger partial charge in [-0.05, 0) is 36.7 Å². The molecule has 0 radical (unpaired) electrons. The van der Waals surface area contributed by atoms with E-state index >= 15 is 0 Å². The van der Waals surface area contributed by atoms with Gasteiger partial charge in [-0.3, -0.25) is 19.1 Å². The smallest absolute Gasteiger partial charge is 0.263 e. The summed E-state index contributed by atoms with van der Waals surface area (Å²) in [5.41, 5.74) is 1.20. The van der Waals surface area contributed by atoms with Crippen molar-refractivity contribution < 1.29 is 14.3 Å². The highest BCUT2D eigenvalue weighted by Gasteiger charge is 2.16. The van der Waals surface area contributed by atoms with E-state index in [1.807, 2.05) is 6.07 Å². The lowest BCUT2D eigenvalue weighted by molar-refractivity contribution is -0.120. The van der Waals surface area contributed by atoms with Crippen LogP contribution in [0.25, 0.3) is 0 Å². The molecule has 7 heteroatoms. The van der Waals surface area contributed by atoms with Crippen molar-refractivity contribution in [2.75, 3.05) is 39.4 Å². The van der Waals surface area contributed by atoms with Gasteiger partial charge in [-0.25, -0.2) is 0 Å². The first-order chi connectivity index (χ1) is 13.1. The summed E-state index contributed by atoms with van der Waals surface area (Å²) in [4.78, 5) is 27.0. The average Bonchev–Trinajstić information content (AvgIpc) is 3.06. The molecule has 1 saturated heterocycles. The number of rotatable bonds is 7. The molecule has 0 atom stereocenters. The van der Waals surface area contributed by atoms with E-state index in [2.05, 4.69) is 10.2 Å². The number of benzene rings is 1. The second-order valence-corrected chi connectivity index (χ2v) is 6.87. The molecule has 0 saturated carbocycles. The Labute approximate surface area is 164 Å². The fourth-order valence-electron chi connectivity index (χ4n) is 3.05. The number of hydrogen-bond acceptors (Lipinski definition) is 4. The van der Waals surface area contributed by atoms with Gasteiger partial charge in [-0.1, -0.05) is 29.8 Å². The summed E-state index contributed by atoms with van der Waals surface area (Å²) in [5, 5.41) is 3.20. The average molecular weight is 390 g/mol. The van der Waals surface area contributed by atoms with Crippen LogP contribution in [0.2, 0.25) is 5.15 Å². The summed E-state index contributed by atoms with van der Waals surface area (Å²) in [7, 11) is 0. The van der Waals surface area contributed by atoms with E-state index in [1.54, 1.807) is 36.5 Å². The lowest BCUT2D eigenvalue weighted by atomic mass is 10.2. The van der Waals surface area contributed by atoms with Crippen molar-refractivity contribution in [1.29, 1.82) is 0 Å². The highest BCUT2D eigenvalue weighted by molar-refractivity contribution is 6.32. The van der Waals surface area contributed by atoms with Crippen molar-refractivity contribution >= 4 is 23.4 Å². The van der Waals surface area contributed by atoms with Crippen molar-refractivity contribution in [3.05, 3.63) is 58.9 Å². The quantitative estimate of drug-likeness (QED) is 0.737. The van der Waals surface area contributed by atoms with E-state index in [0.717, 1.165) is 39.3 Å². The number of amides is 1. The zero-order chi connectivity index (χ0) is 19.1. The van der Waals surface area contributed by atoms with E-state index in [-0.39, 0.29) is 23.4 Å². The Balaban J connectivity index is 1.47. The fourth-order valence-corrected chi connectivity index (χ4v) is 3.32. The van der Waals surface area contributed by atoms with Gasteiger partial charge in [0.25, 0.3) is 5.91 Å². The van der Waals surface area contributed by atoms with Crippen LogP contribution in [-0.2, 0) is 16.0 Å². The first-order valence-corrected chi connectivity index (χ1v) is 9.55. The molecule has 1 N–H and O–H groups in total. The molecule has 1 aliphatic heterocycles. The monoisotopic (exact) mass is 389 g/mol. The number of carbonyl (C=O) groups is 2. The third kappa shape index (κ3) is 5.42. The third-order valence-corrected chi connectivity index (χ3v) is 4.99. The Bertz CT molecular complexity index is 770. The minimum Gasteiger partial charge on any atom is -0.379 e. The fraction of sp³-hybridized carbons (Fsp3) is 0.400. The molecule has 1 fully saturated rings. The van der Waals surface area contributed by atoms with E-state index in [1.165, 1.54) is 4.57 Å². The molecular formula is C20H24ClN3O3. The molecule has 1 aliphatic rings. The molecule has 0 bridgehead atoms. The van der Waals surface area contributed by atoms with Gasteiger partial charge in [-0.15, -0.1) is 0 Å². The predicted octanol–water partition coefficient (Wildman–Crippen LogP) is 2.21. The third-order valence-electron chi connectivity index (χ3n) is 4.57. The van der Waals surface area contributed by atoms with Crippen LogP contribution in [0.4, 0.5) is 0 Å². The summed E-state index contributed by atoms with van der Waals surface area (Å²) < 4.78 is 6.69. The Morgan fingerprint density at radius 1 is 1.11 bits per heavy atom. The van der Waals surface area contributed by atoms with Crippen LogP contribution in [0, 0.1) is 0 Å². The first kappa shape index (κ1) is 19.6. The zero-order valence-electron chi connectivity index (χ0n) is 15.2. The van der Waals surface area contributed by atoms with Crippen LogP contribution < -0.4 is 5.32 Å². The number of aromatic nitrogens is 1. The Kier molecular flexibility index (Phi) is 7.04. The van der Waals surface area contributed by atoms with Crippen molar-refractivity contribution in [3.8, 4) is 0 Å². The maximum absolute atomic E-state index is 12.5. The predicted molar refractivity (Wildman–Crippen MR) is 104 cm³/mol. The normalized spacial score (nSPS) is 14.9. The number of ether oxygens (including phenoxy) is 1. The van der Waals surface area contributed by atoms with Gasteiger partial charge in [0.05, 0.1) is 19.6 Å². The van der Waals surface area contributed by atoms with Gasteiger partial charge in [0.1, 0.15) is 5.15 Å². The number of halogens is 1. The molecule has 1 amide bonds. The second-order valence-electron chi connectivity index (χ2n) is 6.51. The molecule has 6 nitrogen and oxygen atoms in total. The standard InChI is InChI=1S/C20H24ClN3O3/c21-19-17(7-10-24(19)20(26)16-5-2-1-3-6-16)15-18(25)22-8-4-9-23-11-13-27-14-12-23/h1-3,5-7,10H,4,8-9,11-15H2,(H,22,25). The number of carbonyl (C=O) groups excluding carboxylic acids is 2. The molecule has 27 heavy (non-hydrogen) atoms. The van der Waals surface area contributed by atoms with Gasteiger partial charge >= 0.3 is 0 Å². The second kappa shape index (κ2) is 9.69. The van der Waals surface area contributed by atoms with Crippen LogP contribution >= 0.6 is 11.6 Å². The Morgan fingerprint density at radius 3 is 2.59 bits per heavy atom. The van der Waals surface area contributed by atoms with Gasteiger partial charge in [0, 0.05) is 31.4 Å². The maximum atomic E-state index is 12.5. The van der Waals surface area contributed by atoms with Crippen molar-refractivity contribution in [1.82, 2.24) is 14.8 Å². The van der Waals surface area contributed by atoms with E-state index in [9.17, 15) is 9.59 Å². The summed E-state index contributed by atoms with van der Waals surface area (Å²) in [5.74, 6) is -0.304. The van der Waals surface area contributed by atoms with Gasteiger partial charge < -0.3 is 10.1 Å². The number of nitrogens with one attached hydrogen (secondary N) is 1. The summed E-state index contributed by atoms with van der Waals surface area (Å²) >= 11 is 6.32. The van der Waals surface area contributed by atoms with Crippen LogP contribution in [0.15, 0.2) is 42.6 Å². The number of hydrogen-bond donors (Lipinski definition) is 1. The highest BCUT2D eigenvalue weighted by Crippen LogP contribution is 2.20. The molecular weight excluding hydrogens is 366 g/mol. The molecule has 1 aromatic heterocycles. The van der Waals surface area contributed by atoms with E-state index in [4.69, 9.17) is 16.3 Å². The largest absolute Gasteiger partial charge is 0.379 e. The molecule has 0 spiro atoms. The zero-order valence-corrected chi connectivity index (χ0v) is 16.0. The Morgan fingerprint density at radius 2 is 1.85 bits per heavy atom. The molecule has 2 heterocycles. The van der Waals surface area contributed by atoms with E-state index in [0.29, 0.717) is 17.7 Å². The van der Waals surface area contributed by atoms with Crippen LogP contribution in [-0.4, -0.2) is 60.7 Å². The van der Waals surface area contributed by atoms with Crippen LogP contribution in [0.5, 0.6) is 0 Å². The van der Waals surface area contributed by atoms with Crippen molar-refractivity contribution in [2.24, 2.45) is 0 Å². The van der Waals surface area contributed by atoms with Crippen LogP contribution in [0.3, 0.4) is 0 Å². The van der Waals surface area contributed by atoms with Gasteiger partial charge in [-0.2, -0.15) is 0 Å². The summed E-state index contributed by atoms with van der Waals surface area (Å²) in [6.45, 7) is 5.04. The molecule has 0 unspecified atom stereocenters. The van der Waals surface area contributed by atoms with Gasteiger partial charge in [0.15, 0.2) is 0 Å². The molecule has 1 aromatic carbocycles. The maximum Gasteiger partial charge on any atom is 0.263 e. The lowest BCUT2D eigenvalue weighted by Crippen LogP contribution is -2.38. The highest BCUT2D eigenvalue weighted by atomic mass is 35.5.